The van der Waals surface area contributed by atoms with Crippen LogP contribution < -0.4 is 15.5 Å². The van der Waals surface area contributed by atoms with Gasteiger partial charge in [-0.3, -0.25) is 9.59 Å². The summed E-state index contributed by atoms with van der Waals surface area (Å²) in [7, 11) is 0. The zero-order chi connectivity index (χ0) is 24.0. The molecule has 0 fully saturated rings. The first kappa shape index (κ1) is 24.3. The zero-order valence-electron chi connectivity index (χ0n) is 17.1. The van der Waals surface area contributed by atoms with Gasteiger partial charge in [0.1, 0.15) is 5.75 Å². The van der Waals surface area contributed by atoms with Crippen molar-refractivity contribution in [1.29, 1.82) is 0 Å². The fourth-order valence-corrected chi connectivity index (χ4v) is 3.33. The van der Waals surface area contributed by atoms with Crippen molar-refractivity contribution in [3.63, 3.8) is 0 Å². The van der Waals surface area contributed by atoms with E-state index in [1.54, 1.807) is 49.4 Å². The number of amides is 2. The molecule has 0 saturated carbocycles. The molecule has 0 aromatic heterocycles. The van der Waals surface area contributed by atoms with E-state index in [1.807, 2.05) is 0 Å². The van der Waals surface area contributed by atoms with Crippen LogP contribution in [0.5, 0.6) is 5.75 Å². The van der Waals surface area contributed by atoms with Crippen LogP contribution in [0.2, 0.25) is 15.1 Å². The smallest absolute Gasteiger partial charge is 0.343 e. The molecular formula is C23H16Cl3N3O4. The maximum Gasteiger partial charge on any atom is 0.343 e. The van der Waals surface area contributed by atoms with Crippen LogP contribution in [-0.2, 0) is 9.59 Å². The van der Waals surface area contributed by atoms with Crippen LogP contribution in [0.1, 0.15) is 22.8 Å². The minimum absolute atomic E-state index is 0.274. The standard InChI is InChI=1S/C23H16Cl3N3O4/c1-13(28-29-22(31)21(30)27-19-11-17(25)10-18(26)12-19)14-5-7-20(8-6-14)33-23(32)15-3-2-4-16(24)9-15/h2-12H,1H3,(H,27,30)(H,29,31)/b28-13+. The first-order chi connectivity index (χ1) is 15.7. The summed E-state index contributed by atoms with van der Waals surface area (Å²) in [5, 5.41) is 7.36. The lowest BCUT2D eigenvalue weighted by atomic mass is 10.1. The van der Waals surface area contributed by atoms with Gasteiger partial charge in [-0.15, -0.1) is 0 Å². The van der Waals surface area contributed by atoms with Crippen molar-refractivity contribution in [3.8, 4) is 5.75 Å². The quantitative estimate of drug-likeness (QED) is 0.161. The number of hydrazone groups is 1. The third-order valence-electron chi connectivity index (χ3n) is 4.19. The summed E-state index contributed by atoms with van der Waals surface area (Å²) in [5.41, 5.74) is 3.84. The van der Waals surface area contributed by atoms with Gasteiger partial charge in [0.25, 0.3) is 0 Å². The second-order valence-corrected chi connectivity index (χ2v) is 7.98. The van der Waals surface area contributed by atoms with E-state index in [0.717, 1.165) is 0 Å². The molecule has 0 saturated heterocycles. The molecule has 2 amide bonds. The molecule has 168 valence electrons. The molecule has 3 aromatic carbocycles. The van der Waals surface area contributed by atoms with Crippen molar-refractivity contribution in [3.05, 3.63) is 92.9 Å². The molecule has 0 aliphatic rings. The predicted octanol–water partition coefficient (Wildman–Crippen LogP) is 5.34. The van der Waals surface area contributed by atoms with Crippen LogP contribution in [0, 0.1) is 0 Å². The predicted molar refractivity (Wildman–Crippen MR) is 128 cm³/mol. The van der Waals surface area contributed by atoms with E-state index < -0.39 is 17.8 Å². The third-order valence-corrected chi connectivity index (χ3v) is 4.87. The Morgan fingerprint density at radius 1 is 0.788 bits per heavy atom. The van der Waals surface area contributed by atoms with Crippen molar-refractivity contribution < 1.29 is 19.1 Å². The number of nitrogens with one attached hydrogen (secondary N) is 2. The molecule has 0 unspecified atom stereocenters. The highest BCUT2D eigenvalue weighted by Crippen LogP contribution is 2.22. The number of esters is 1. The molecule has 2 N–H and O–H groups in total. The Kier molecular flexibility index (Phi) is 8.06. The van der Waals surface area contributed by atoms with Crippen molar-refractivity contribution in [1.82, 2.24) is 5.43 Å². The molecule has 0 aliphatic heterocycles. The van der Waals surface area contributed by atoms with Gasteiger partial charge >= 0.3 is 17.8 Å². The lowest BCUT2D eigenvalue weighted by molar-refractivity contribution is -0.136. The maximum atomic E-state index is 12.2. The Morgan fingerprint density at radius 2 is 1.45 bits per heavy atom. The molecule has 0 aliphatic carbocycles. The van der Waals surface area contributed by atoms with Crippen LogP contribution in [0.3, 0.4) is 0 Å². The van der Waals surface area contributed by atoms with Gasteiger partial charge < -0.3 is 10.1 Å². The van der Waals surface area contributed by atoms with Gasteiger partial charge in [-0.2, -0.15) is 5.10 Å². The summed E-state index contributed by atoms with van der Waals surface area (Å²) in [4.78, 5) is 36.2. The molecule has 10 heteroatoms. The molecule has 7 nitrogen and oxygen atoms in total. The average Bonchev–Trinajstić information content (AvgIpc) is 2.77. The maximum absolute atomic E-state index is 12.2. The highest BCUT2D eigenvalue weighted by molar-refractivity contribution is 6.40. The van der Waals surface area contributed by atoms with E-state index in [1.165, 1.54) is 24.3 Å². The number of nitrogens with zero attached hydrogens (tertiary/aromatic N) is 1. The number of anilines is 1. The average molecular weight is 505 g/mol. The van der Waals surface area contributed by atoms with Crippen LogP contribution in [-0.4, -0.2) is 23.5 Å². The lowest BCUT2D eigenvalue weighted by Crippen LogP contribution is -2.32. The number of hydrogen-bond donors (Lipinski definition) is 2. The summed E-state index contributed by atoms with van der Waals surface area (Å²) in [5.74, 6) is -2.14. The number of halogens is 3. The van der Waals surface area contributed by atoms with Gasteiger partial charge in [-0.1, -0.05) is 40.9 Å². The second kappa shape index (κ2) is 11.0. The Morgan fingerprint density at radius 3 is 2.09 bits per heavy atom. The normalized spacial score (nSPS) is 11.0. The zero-order valence-corrected chi connectivity index (χ0v) is 19.3. The molecule has 33 heavy (non-hydrogen) atoms. The Labute approximate surface area is 204 Å². The fraction of sp³-hybridized carbons (Fsp3) is 0.0435. The Balaban J connectivity index is 1.58. The van der Waals surface area contributed by atoms with E-state index >= 15 is 0 Å². The minimum atomic E-state index is -0.975. The van der Waals surface area contributed by atoms with Crippen molar-refractivity contribution in [2.45, 2.75) is 6.92 Å². The van der Waals surface area contributed by atoms with E-state index in [9.17, 15) is 14.4 Å². The number of ether oxygens (including phenoxy) is 1. The molecule has 3 rings (SSSR count). The Hall–Kier alpha value is -3.39. The third kappa shape index (κ3) is 7.05. The molecule has 0 bridgehead atoms. The number of rotatable bonds is 5. The fourth-order valence-electron chi connectivity index (χ4n) is 2.61. The number of hydrogen-bond acceptors (Lipinski definition) is 5. The molecule has 0 radical (unpaired) electrons. The first-order valence-corrected chi connectivity index (χ1v) is 10.5. The van der Waals surface area contributed by atoms with Crippen LogP contribution in [0.25, 0.3) is 0 Å². The summed E-state index contributed by atoms with van der Waals surface area (Å²) in [6.45, 7) is 1.64. The van der Waals surface area contributed by atoms with Gasteiger partial charge in [0.15, 0.2) is 0 Å². The lowest BCUT2D eigenvalue weighted by Gasteiger charge is -2.07. The molecular weight excluding hydrogens is 489 g/mol. The molecule has 0 spiro atoms. The van der Waals surface area contributed by atoms with E-state index in [0.29, 0.717) is 37.7 Å². The topological polar surface area (TPSA) is 96.9 Å². The van der Waals surface area contributed by atoms with Crippen molar-refractivity contribution in [2.75, 3.05) is 5.32 Å². The monoisotopic (exact) mass is 503 g/mol. The van der Waals surface area contributed by atoms with E-state index in [-0.39, 0.29) is 5.69 Å². The number of carbonyl (C=O) groups is 3. The SMILES string of the molecule is C/C(=N\NC(=O)C(=O)Nc1cc(Cl)cc(Cl)c1)c1ccc(OC(=O)c2cccc(Cl)c2)cc1. The molecule has 3 aromatic rings. The molecule has 0 heterocycles. The largest absolute Gasteiger partial charge is 0.423 e. The van der Waals surface area contributed by atoms with Gasteiger partial charge in [0.05, 0.1) is 11.3 Å². The Bertz CT molecular complexity index is 1220. The van der Waals surface area contributed by atoms with Crippen LogP contribution in [0.15, 0.2) is 71.8 Å². The van der Waals surface area contributed by atoms with Crippen LogP contribution in [0.4, 0.5) is 5.69 Å². The highest BCUT2D eigenvalue weighted by atomic mass is 35.5. The minimum Gasteiger partial charge on any atom is -0.423 e. The summed E-state index contributed by atoms with van der Waals surface area (Å²) in [6.07, 6.45) is 0. The molecule has 0 atom stereocenters. The van der Waals surface area contributed by atoms with Gasteiger partial charge in [-0.05, 0) is 73.2 Å². The summed E-state index contributed by atoms with van der Waals surface area (Å²) >= 11 is 17.6. The highest BCUT2D eigenvalue weighted by Gasteiger charge is 2.14. The first-order valence-electron chi connectivity index (χ1n) is 9.41. The van der Waals surface area contributed by atoms with E-state index in [2.05, 4.69) is 15.8 Å². The second-order valence-electron chi connectivity index (χ2n) is 6.67. The van der Waals surface area contributed by atoms with Crippen molar-refractivity contribution >= 4 is 64.0 Å². The summed E-state index contributed by atoms with van der Waals surface area (Å²) < 4.78 is 5.31. The van der Waals surface area contributed by atoms with Gasteiger partial charge in [-0.25, -0.2) is 10.2 Å². The number of benzene rings is 3. The van der Waals surface area contributed by atoms with Gasteiger partial charge in [0, 0.05) is 20.8 Å². The van der Waals surface area contributed by atoms with Crippen molar-refractivity contribution in [2.24, 2.45) is 5.10 Å². The van der Waals surface area contributed by atoms with Gasteiger partial charge in [0.2, 0.25) is 0 Å². The van der Waals surface area contributed by atoms with Crippen LogP contribution >= 0.6 is 34.8 Å². The summed E-state index contributed by atoms with van der Waals surface area (Å²) in [6, 6.07) is 17.3. The van der Waals surface area contributed by atoms with E-state index in [4.69, 9.17) is 39.5 Å². The number of carbonyl (C=O) groups excluding carboxylic acids is 3.